The molecule has 8 heteroatoms. The molecule has 2 aromatic rings. The Bertz CT molecular complexity index is 818. The quantitative estimate of drug-likeness (QED) is 0.248. The minimum absolute atomic E-state index is 0. The molecule has 0 saturated carbocycles. The highest BCUT2D eigenvalue weighted by atomic mass is 127. The van der Waals surface area contributed by atoms with E-state index in [1.165, 1.54) is 15.6 Å². The van der Waals surface area contributed by atoms with Crippen LogP contribution in [0.4, 0.5) is 0 Å². The number of halogens is 2. The number of aromatic nitrogens is 1. The number of hydrogen-bond acceptors (Lipinski definition) is 4. The first-order valence-electron chi connectivity index (χ1n) is 9.82. The van der Waals surface area contributed by atoms with Gasteiger partial charge in [0, 0.05) is 18.6 Å². The largest absolute Gasteiger partial charge is 1.00 e. The fourth-order valence-corrected chi connectivity index (χ4v) is 8.05. The minimum atomic E-state index is -1.86. The number of ether oxygens (including phenoxy) is 2. The summed E-state index contributed by atoms with van der Waals surface area (Å²) >= 11 is 5.59. The zero-order valence-corrected chi connectivity index (χ0v) is 24.2. The summed E-state index contributed by atoms with van der Waals surface area (Å²) < 4.78 is 21.4. The Balaban J connectivity index is 0.00000420. The second-order valence-corrected chi connectivity index (χ2v) is 13.9. The fourth-order valence-electron chi connectivity index (χ4n) is 3.48. The minimum Gasteiger partial charge on any atom is -1.00 e. The van der Waals surface area contributed by atoms with Crippen LogP contribution in [-0.4, -0.2) is 22.5 Å². The maximum atomic E-state index is 7.07. The molecule has 0 spiro atoms. The number of nitrogens with zero attached hydrogens (tertiary/aromatic N) is 1. The van der Waals surface area contributed by atoms with Gasteiger partial charge in [-0.2, -0.15) is 4.57 Å². The van der Waals surface area contributed by atoms with Crippen LogP contribution in [0.1, 0.15) is 48.0 Å². The molecule has 1 aromatic heterocycles. The zero-order chi connectivity index (χ0) is 21.1. The number of aryl methyl sites for hydroxylation is 1. The van der Waals surface area contributed by atoms with Crippen molar-refractivity contribution in [3.05, 3.63) is 37.7 Å². The van der Waals surface area contributed by atoms with Crippen molar-refractivity contribution in [3.8, 4) is 11.5 Å². The van der Waals surface area contributed by atoms with E-state index in [2.05, 4.69) is 68.2 Å². The Kier molecular flexibility index (Phi) is 10.6. The van der Waals surface area contributed by atoms with Gasteiger partial charge in [-0.05, 0) is 47.1 Å². The number of rotatable bonds is 9. The summed E-state index contributed by atoms with van der Waals surface area (Å²) in [7, 11) is 3.63. The number of methoxy groups -OCH3 is 2. The number of hydrogen-bond donors (Lipinski definition) is 0. The normalized spacial score (nSPS) is 12.4. The molecule has 1 atom stereocenters. The van der Waals surface area contributed by atoms with Gasteiger partial charge in [-0.1, -0.05) is 32.1 Å². The molecule has 1 heterocycles. The lowest BCUT2D eigenvalue weighted by molar-refractivity contribution is -0.682. The summed E-state index contributed by atoms with van der Waals surface area (Å²) in [5.74, 6) is 1.53. The van der Waals surface area contributed by atoms with Crippen molar-refractivity contribution in [1.82, 2.24) is 0 Å². The first-order valence-corrected chi connectivity index (χ1v) is 14.0. The van der Waals surface area contributed by atoms with Crippen LogP contribution >= 0.6 is 27.3 Å². The fraction of sp³-hybridized carbons (Fsp3) is 0.571. The van der Waals surface area contributed by atoms with Crippen LogP contribution in [0.5, 0.6) is 11.5 Å². The van der Waals surface area contributed by atoms with Crippen LogP contribution < -0.4 is 38.0 Å². The van der Waals surface area contributed by atoms with Gasteiger partial charge in [0.1, 0.15) is 18.5 Å². The SMILES string of the molecule is CC[Si](CC)(CC)OC(c1cc(OC)cc(OC)c1Br)c1sc(C)c(C)[n+]1C.[I-]. The van der Waals surface area contributed by atoms with Crippen molar-refractivity contribution < 1.29 is 42.4 Å². The Morgan fingerprint density at radius 3 is 2.07 bits per heavy atom. The molecule has 1 unspecified atom stereocenters. The molecule has 0 bridgehead atoms. The molecule has 29 heavy (non-hydrogen) atoms. The summed E-state index contributed by atoms with van der Waals surface area (Å²) in [6, 6.07) is 7.27. The predicted octanol–water partition coefficient (Wildman–Crippen LogP) is 3.08. The highest BCUT2D eigenvalue weighted by Crippen LogP contribution is 2.43. The molecule has 0 saturated heterocycles. The third-order valence-electron chi connectivity index (χ3n) is 5.90. The molecule has 2 rings (SSSR count). The van der Waals surface area contributed by atoms with Gasteiger partial charge in [0.2, 0.25) is 0 Å². The molecule has 0 aliphatic heterocycles. The lowest BCUT2D eigenvalue weighted by atomic mass is 10.1. The molecular formula is C21H33BrINO3SSi. The van der Waals surface area contributed by atoms with Crippen molar-refractivity contribution in [1.29, 1.82) is 0 Å². The molecule has 0 radical (unpaired) electrons. The lowest BCUT2D eigenvalue weighted by Gasteiger charge is -2.32. The van der Waals surface area contributed by atoms with E-state index in [0.717, 1.165) is 39.7 Å². The van der Waals surface area contributed by atoms with E-state index in [-0.39, 0.29) is 30.1 Å². The summed E-state index contributed by atoms with van der Waals surface area (Å²) in [5, 5.41) is 1.21. The zero-order valence-electron chi connectivity index (χ0n) is 18.7. The van der Waals surface area contributed by atoms with Crippen molar-refractivity contribution in [2.75, 3.05) is 14.2 Å². The predicted molar refractivity (Wildman–Crippen MR) is 122 cm³/mol. The third kappa shape index (κ3) is 5.56. The molecule has 0 amide bonds. The Morgan fingerprint density at radius 1 is 1.07 bits per heavy atom. The average Bonchev–Trinajstić information content (AvgIpc) is 2.97. The average molecular weight is 614 g/mol. The van der Waals surface area contributed by atoms with Gasteiger partial charge in [0.25, 0.3) is 5.01 Å². The molecule has 0 aliphatic carbocycles. The first-order chi connectivity index (χ1) is 13.3. The van der Waals surface area contributed by atoms with E-state index in [9.17, 15) is 0 Å². The van der Waals surface area contributed by atoms with E-state index in [0.29, 0.717) is 0 Å². The highest BCUT2D eigenvalue weighted by Gasteiger charge is 2.39. The van der Waals surface area contributed by atoms with Gasteiger partial charge in [0.15, 0.2) is 20.1 Å². The van der Waals surface area contributed by atoms with Crippen LogP contribution in [0.25, 0.3) is 0 Å². The summed E-state index contributed by atoms with van der Waals surface area (Å²) in [4.78, 5) is 1.31. The van der Waals surface area contributed by atoms with E-state index < -0.39 is 8.32 Å². The summed E-state index contributed by atoms with van der Waals surface area (Å²) in [6.07, 6.45) is -0.160. The van der Waals surface area contributed by atoms with Gasteiger partial charge in [-0.25, -0.2) is 0 Å². The van der Waals surface area contributed by atoms with Gasteiger partial charge in [-0.15, -0.1) is 0 Å². The van der Waals surface area contributed by atoms with E-state index >= 15 is 0 Å². The highest BCUT2D eigenvalue weighted by molar-refractivity contribution is 9.10. The number of thiazole rings is 1. The van der Waals surface area contributed by atoms with Crippen molar-refractivity contribution >= 4 is 35.6 Å². The first kappa shape index (κ1) is 26.9. The van der Waals surface area contributed by atoms with Gasteiger partial charge >= 0.3 is 0 Å². The van der Waals surface area contributed by atoms with Crippen LogP contribution in [0.15, 0.2) is 16.6 Å². The third-order valence-corrected chi connectivity index (χ3v) is 12.7. The monoisotopic (exact) mass is 613 g/mol. The molecule has 164 valence electrons. The second-order valence-electron chi connectivity index (χ2n) is 7.12. The molecule has 4 nitrogen and oxygen atoms in total. The van der Waals surface area contributed by atoms with E-state index in [1.807, 2.05) is 17.4 Å². The summed E-state index contributed by atoms with van der Waals surface area (Å²) in [5.41, 5.74) is 2.33. The maximum absolute atomic E-state index is 7.07. The number of benzene rings is 1. The lowest BCUT2D eigenvalue weighted by Crippen LogP contribution is -3.00. The molecule has 0 fully saturated rings. The summed E-state index contributed by atoms with van der Waals surface area (Å²) in [6.45, 7) is 11.1. The van der Waals surface area contributed by atoms with E-state index in [4.69, 9.17) is 13.9 Å². The second kappa shape index (κ2) is 11.5. The smallest absolute Gasteiger partial charge is 0.270 e. The molecule has 0 aliphatic rings. The maximum Gasteiger partial charge on any atom is 0.270 e. The Labute approximate surface area is 206 Å². The van der Waals surface area contributed by atoms with Gasteiger partial charge in [0.05, 0.1) is 23.6 Å². The van der Waals surface area contributed by atoms with Gasteiger partial charge < -0.3 is 37.9 Å². The Morgan fingerprint density at radius 2 is 1.66 bits per heavy atom. The van der Waals surface area contributed by atoms with Crippen molar-refractivity contribution in [2.45, 2.75) is 58.9 Å². The van der Waals surface area contributed by atoms with Crippen molar-refractivity contribution in [3.63, 3.8) is 0 Å². The van der Waals surface area contributed by atoms with E-state index in [1.54, 1.807) is 14.2 Å². The molecule has 0 N–H and O–H groups in total. The van der Waals surface area contributed by atoms with Crippen LogP contribution in [-0.2, 0) is 11.5 Å². The van der Waals surface area contributed by atoms with Crippen LogP contribution in [0, 0.1) is 13.8 Å². The molecular weight excluding hydrogens is 581 g/mol. The topological polar surface area (TPSA) is 31.6 Å². The van der Waals surface area contributed by atoms with Crippen LogP contribution in [0.3, 0.4) is 0 Å². The van der Waals surface area contributed by atoms with Gasteiger partial charge in [-0.3, -0.25) is 0 Å². The Hall–Kier alpha value is -0.163. The van der Waals surface area contributed by atoms with Crippen LogP contribution in [0.2, 0.25) is 18.1 Å². The van der Waals surface area contributed by atoms with Crippen molar-refractivity contribution in [2.24, 2.45) is 7.05 Å². The molecule has 1 aromatic carbocycles. The standard InChI is InChI=1S/C21H33BrNO3SSi.HI/c1-9-28(10-2,11-3)26-20(21-23(6)14(4)15(5)27-21)17-12-16(24-7)13-18(25-8)19(17)22;/h12-13,20H,9-11H2,1-8H3;1H/q+1;/p-1.